The Morgan fingerprint density at radius 2 is 2.12 bits per heavy atom. The quantitative estimate of drug-likeness (QED) is 0.766. The lowest BCUT2D eigenvalue weighted by molar-refractivity contribution is -0.137. The predicted molar refractivity (Wildman–Crippen MR) is 56.4 cm³/mol. The number of hydrogen-bond acceptors (Lipinski definition) is 2. The van der Waals surface area contributed by atoms with Crippen LogP contribution in [-0.2, 0) is 19.3 Å². The summed E-state index contributed by atoms with van der Waals surface area (Å²) in [6, 6.07) is 3.69. The van der Waals surface area contributed by atoms with E-state index in [0.29, 0.717) is 24.1 Å². The van der Waals surface area contributed by atoms with Gasteiger partial charge in [-0.1, -0.05) is 0 Å². The molecule has 2 heterocycles. The number of halogens is 3. The van der Waals surface area contributed by atoms with Crippen molar-refractivity contribution in [3.63, 3.8) is 0 Å². The Morgan fingerprint density at radius 1 is 1.29 bits per heavy atom. The van der Waals surface area contributed by atoms with E-state index in [1.165, 1.54) is 12.1 Å². The van der Waals surface area contributed by atoms with E-state index >= 15 is 0 Å². The van der Waals surface area contributed by atoms with Gasteiger partial charge >= 0.3 is 6.18 Å². The largest absolute Gasteiger partial charge is 0.416 e. The average Bonchev–Trinajstić information content (AvgIpc) is 2.65. The van der Waals surface area contributed by atoms with Gasteiger partial charge in [0.05, 0.1) is 23.1 Å². The van der Waals surface area contributed by atoms with Gasteiger partial charge in [0.25, 0.3) is 0 Å². The molecule has 0 amide bonds. The van der Waals surface area contributed by atoms with E-state index in [0.717, 1.165) is 18.4 Å². The zero-order valence-electron chi connectivity index (χ0n) is 8.88. The van der Waals surface area contributed by atoms with Crippen LogP contribution in [0.1, 0.15) is 11.4 Å². The van der Waals surface area contributed by atoms with Crippen LogP contribution in [0.2, 0.25) is 0 Å². The highest BCUT2D eigenvalue weighted by molar-refractivity contribution is 5.77. The highest BCUT2D eigenvalue weighted by Crippen LogP contribution is 2.31. The SMILES string of the molecule is FC(F)(F)c1ccc2nc3n(c2c1)CCNC3. The summed E-state index contributed by atoms with van der Waals surface area (Å²) in [5.74, 6) is 0.797. The minimum Gasteiger partial charge on any atom is -0.326 e. The molecular weight excluding hydrogens is 231 g/mol. The van der Waals surface area contributed by atoms with Gasteiger partial charge in [0.15, 0.2) is 0 Å². The summed E-state index contributed by atoms with van der Waals surface area (Å²) in [5.41, 5.74) is 0.569. The summed E-state index contributed by atoms with van der Waals surface area (Å²) >= 11 is 0. The van der Waals surface area contributed by atoms with Crippen molar-refractivity contribution < 1.29 is 13.2 Å². The minimum absolute atomic E-state index is 0.566. The zero-order chi connectivity index (χ0) is 12.0. The number of imidazole rings is 1. The van der Waals surface area contributed by atoms with Crippen LogP contribution in [0.15, 0.2) is 18.2 Å². The maximum Gasteiger partial charge on any atom is 0.416 e. The molecular formula is C11H10F3N3. The van der Waals surface area contributed by atoms with Crippen LogP contribution < -0.4 is 5.32 Å². The summed E-state index contributed by atoms with van der Waals surface area (Å²) in [7, 11) is 0. The van der Waals surface area contributed by atoms with Gasteiger partial charge in [-0.15, -0.1) is 0 Å². The standard InChI is InChI=1S/C11H10F3N3/c12-11(13,14)7-1-2-8-9(5-7)17-4-3-15-6-10(17)16-8/h1-2,5,15H,3-4,6H2. The van der Waals surface area contributed by atoms with E-state index in [1.54, 1.807) is 0 Å². The van der Waals surface area contributed by atoms with Crippen molar-refractivity contribution in [1.29, 1.82) is 0 Å². The van der Waals surface area contributed by atoms with Gasteiger partial charge < -0.3 is 9.88 Å². The summed E-state index contributed by atoms with van der Waals surface area (Å²) in [5, 5.41) is 3.14. The van der Waals surface area contributed by atoms with Crippen LogP contribution in [0, 0.1) is 0 Å². The third-order valence-electron chi connectivity index (χ3n) is 2.95. The van der Waals surface area contributed by atoms with Crippen LogP contribution in [0.25, 0.3) is 11.0 Å². The van der Waals surface area contributed by atoms with E-state index in [9.17, 15) is 13.2 Å². The number of benzene rings is 1. The molecule has 0 fully saturated rings. The molecule has 90 valence electrons. The Hall–Kier alpha value is -1.56. The Labute approximate surface area is 95.3 Å². The monoisotopic (exact) mass is 241 g/mol. The molecule has 3 rings (SSSR count). The normalized spacial score (nSPS) is 16.2. The first-order valence-corrected chi connectivity index (χ1v) is 5.33. The lowest BCUT2D eigenvalue weighted by Gasteiger charge is -2.15. The first-order chi connectivity index (χ1) is 8.05. The Bertz CT molecular complexity index is 571. The first-order valence-electron chi connectivity index (χ1n) is 5.33. The van der Waals surface area contributed by atoms with Crippen LogP contribution >= 0.6 is 0 Å². The van der Waals surface area contributed by atoms with Gasteiger partial charge in [-0.05, 0) is 18.2 Å². The van der Waals surface area contributed by atoms with Gasteiger partial charge in [-0.3, -0.25) is 0 Å². The molecule has 1 aromatic carbocycles. The summed E-state index contributed by atoms with van der Waals surface area (Å²) in [4.78, 5) is 4.31. The predicted octanol–water partition coefficient (Wildman–Crippen LogP) is 2.16. The van der Waals surface area contributed by atoms with Crippen molar-refractivity contribution >= 4 is 11.0 Å². The minimum atomic E-state index is -4.30. The zero-order valence-corrected chi connectivity index (χ0v) is 8.88. The van der Waals surface area contributed by atoms with E-state index in [1.807, 2.05) is 4.57 Å². The van der Waals surface area contributed by atoms with Crippen LogP contribution in [-0.4, -0.2) is 16.1 Å². The molecule has 0 atom stereocenters. The molecule has 6 heteroatoms. The smallest absolute Gasteiger partial charge is 0.326 e. The van der Waals surface area contributed by atoms with Crippen molar-refractivity contribution in [1.82, 2.24) is 14.9 Å². The van der Waals surface area contributed by atoms with Crippen molar-refractivity contribution in [2.75, 3.05) is 6.54 Å². The number of aromatic nitrogens is 2. The Kier molecular flexibility index (Phi) is 2.16. The molecule has 0 radical (unpaired) electrons. The van der Waals surface area contributed by atoms with E-state index < -0.39 is 11.7 Å². The molecule has 1 N–H and O–H groups in total. The fourth-order valence-corrected chi connectivity index (χ4v) is 2.12. The average molecular weight is 241 g/mol. The summed E-state index contributed by atoms with van der Waals surface area (Å²) in [6.07, 6.45) is -4.30. The third kappa shape index (κ3) is 1.68. The molecule has 0 bridgehead atoms. The van der Waals surface area contributed by atoms with Gasteiger partial charge in [0, 0.05) is 13.1 Å². The number of rotatable bonds is 0. The second-order valence-corrected chi connectivity index (χ2v) is 4.06. The molecule has 1 aliphatic rings. The number of nitrogens with zero attached hydrogens (tertiary/aromatic N) is 2. The van der Waals surface area contributed by atoms with Gasteiger partial charge in [-0.25, -0.2) is 4.98 Å². The highest BCUT2D eigenvalue weighted by Gasteiger charge is 2.31. The molecule has 1 aromatic heterocycles. The maximum absolute atomic E-state index is 12.6. The fraction of sp³-hybridized carbons (Fsp3) is 0.364. The van der Waals surface area contributed by atoms with Crippen LogP contribution in [0.4, 0.5) is 13.2 Å². The summed E-state index contributed by atoms with van der Waals surface area (Å²) < 4.78 is 39.7. The van der Waals surface area contributed by atoms with Crippen molar-refractivity contribution in [2.45, 2.75) is 19.3 Å². The van der Waals surface area contributed by atoms with Gasteiger partial charge in [-0.2, -0.15) is 13.2 Å². The van der Waals surface area contributed by atoms with Crippen molar-refractivity contribution in [3.8, 4) is 0 Å². The van der Waals surface area contributed by atoms with Crippen molar-refractivity contribution in [3.05, 3.63) is 29.6 Å². The molecule has 17 heavy (non-hydrogen) atoms. The summed E-state index contributed by atoms with van der Waals surface area (Å²) in [6.45, 7) is 2.03. The second kappa shape index (κ2) is 3.46. The third-order valence-corrected chi connectivity index (χ3v) is 2.95. The van der Waals surface area contributed by atoms with E-state index in [2.05, 4.69) is 10.3 Å². The molecule has 0 aliphatic carbocycles. The van der Waals surface area contributed by atoms with E-state index in [-0.39, 0.29) is 0 Å². The number of fused-ring (bicyclic) bond motifs is 3. The molecule has 0 unspecified atom stereocenters. The highest BCUT2D eigenvalue weighted by atomic mass is 19.4. The Balaban J connectivity index is 2.21. The lowest BCUT2D eigenvalue weighted by Crippen LogP contribution is -2.28. The first kappa shape index (κ1) is 10.6. The molecule has 3 nitrogen and oxygen atoms in total. The number of nitrogens with one attached hydrogen (secondary N) is 1. The number of alkyl halides is 3. The lowest BCUT2D eigenvalue weighted by atomic mass is 10.2. The Morgan fingerprint density at radius 3 is 2.88 bits per heavy atom. The van der Waals surface area contributed by atoms with E-state index in [4.69, 9.17) is 0 Å². The molecule has 0 saturated carbocycles. The molecule has 0 spiro atoms. The van der Waals surface area contributed by atoms with Gasteiger partial charge in [0.2, 0.25) is 0 Å². The van der Waals surface area contributed by atoms with Gasteiger partial charge in [0.1, 0.15) is 5.82 Å². The topological polar surface area (TPSA) is 29.9 Å². The van der Waals surface area contributed by atoms with Crippen LogP contribution in [0.3, 0.4) is 0 Å². The fourth-order valence-electron chi connectivity index (χ4n) is 2.12. The van der Waals surface area contributed by atoms with Crippen molar-refractivity contribution in [2.24, 2.45) is 0 Å². The molecule has 0 saturated heterocycles. The maximum atomic E-state index is 12.6. The van der Waals surface area contributed by atoms with Crippen LogP contribution in [0.5, 0.6) is 0 Å². The second-order valence-electron chi connectivity index (χ2n) is 4.06. The number of hydrogen-bond donors (Lipinski definition) is 1. The molecule has 1 aliphatic heterocycles. The molecule has 2 aromatic rings.